The number of morpholine rings is 1. The van der Waals surface area contributed by atoms with Crippen LogP contribution in [0, 0.1) is 0 Å². The van der Waals surface area contributed by atoms with Crippen molar-refractivity contribution < 1.29 is 9.47 Å². The molecule has 8 nitrogen and oxygen atoms in total. The van der Waals surface area contributed by atoms with E-state index in [2.05, 4.69) is 19.9 Å². The summed E-state index contributed by atoms with van der Waals surface area (Å²) in [5.41, 5.74) is 3.69. The van der Waals surface area contributed by atoms with Crippen molar-refractivity contribution in [2.24, 2.45) is 0 Å². The minimum atomic E-state index is -0.126. The van der Waals surface area contributed by atoms with Gasteiger partial charge in [0.05, 0.1) is 37.5 Å². The van der Waals surface area contributed by atoms with E-state index in [0.29, 0.717) is 12.6 Å². The largest absolute Gasteiger partial charge is 0.497 e. The molecule has 1 atom stereocenters. The highest BCUT2D eigenvalue weighted by Crippen LogP contribution is 2.26. The molecule has 0 saturated carbocycles. The number of anilines is 1. The number of aromatic nitrogens is 4. The first kappa shape index (κ1) is 20.2. The second-order valence-corrected chi connectivity index (χ2v) is 7.44. The van der Waals surface area contributed by atoms with E-state index in [1.165, 1.54) is 0 Å². The van der Waals surface area contributed by atoms with E-state index in [1.807, 2.05) is 55.7 Å². The van der Waals surface area contributed by atoms with E-state index in [0.717, 1.165) is 47.9 Å². The van der Waals surface area contributed by atoms with Crippen molar-refractivity contribution in [1.29, 1.82) is 0 Å². The average Bonchev–Trinajstić information content (AvgIpc) is 2.80. The third-order valence-corrected chi connectivity index (χ3v) is 5.00. The summed E-state index contributed by atoms with van der Waals surface area (Å²) in [5, 5.41) is 0. The summed E-state index contributed by atoms with van der Waals surface area (Å²) in [6.07, 6.45) is 7.19. The van der Waals surface area contributed by atoms with Crippen LogP contribution in [-0.4, -0.2) is 65.7 Å². The number of hydrogen-bond donors (Lipinski definition) is 0. The molecule has 1 aliphatic heterocycles. The first-order valence-corrected chi connectivity index (χ1v) is 9.91. The van der Waals surface area contributed by atoms with Gasteiger partial charge >= 0.3 is 0 Å². The summed E-state index contributed by atoms with van der Waals surface area (Å²) in [7, 11) is 5.52. The van der Waals surface area contributed by atoms with Gasteiger partial charge in [0.25, 0.3) is 0 Å². The van der Waals surface area contributed by atoms with E-state index in [4.69, 9.17) is 14.5 Å². The topological polar surface area (TPSA) is 76.5 Å². The normalized spacial score (nSPS) is 17.0. The van der Waals surface area contributed by atoms with E-state index in [-0.39, 0.29) is 6.10 Å². The molecule has 1 fully saturated rings. The lowest BCUT2D eigenvalue weighted by atomic mass is 10.1. The summed E-state index contributed by atoms with van der Waals surface area (Å²) >= 11 is 0. The maximum absolute atomic E-state index is 6.01. The molecule has 4 rings (SSSR count). The van der Waals surface area contributed by atoms with Crippen molar-refractivity contribution in [3.05, 3.63) is 60.3 Å². The SMILES string of the molecule is COc1cccc(-c2cncc(C3CN(Cc4cnc(N(C)C)nc4)CCO3)n2)c1. The van der Waals surface area contributed by atoms with Gasteiger partial charge in [0.15, 0.2) is 0 Å². The lowest BCUT2D eigenvalue weighted by Crippen LogP contribution is -2.38. The standard InChI is InChI=1S/C22H26N6O2/c1-27(2)22-24-10-16(11-25-22)14-28-7-8-30-21(15-28)20-13-23-12-19(26-20)17-5-4-6-18(9-17)29-3/h4-6,9-13,21H,7-8,14-15H2,1-3H3. The molecule has 1 unspecified atom stereocenters. The lowest BCUT2D eigenvalue weighted by molar-refractivity contribution is -0.0351. The number of methoxy groups -OCH3 is 1. The Morgan fingerprint density at radius 2 is 2.00 bits per heavy atom. The van der Waals surface area contributed by atoms with Crippen LogP contribution in [0.3, 0.4) is 0 Å². The molecule has 1 aromatic carbocycles. The summed E-state index contributed by atoms with van der Waals surface area (Å²) in [4.78, 5) is 22.3. The van der Waals surface area contributed by atoms with Crippen LogP contribution in [0.25, 0.3) is 11.3 Å². The minimum Gasteiger partial charge on any atom is -0.497 e. The maximum atomic E-state index is 6.01. The third kappa shape index (κ3) is 4.72. The number of benzene rings is 1. The van der Waals surface area contributed by atoms with Crippen molar-refractivity contribution in [1.82, 2.24) is 24.8 Å². The molecule has 156 valence electrons. The Balaban J connectivity index is 1.46. The Hall–Kier alpha value is -3.10. The third-order valence-electron chi connectivity index (χ3n) is 5.00. The van der Waals surface area contributed by atoms with Crippen LogP contribution in [0.4, 0.5) is 5.95 Å². The predicted molar refractivity (Wildman–Crippen MR) is 114 cm³/mol. The Kier molecular flexibility index (Phi) is 6.15. The van der Waals surface area contributed by atoms with E-state index in [1.54, 1.807) is 19.5 Å². The monoisotopic (exact) mass is 406 g/mol. The summed E-state index contributed by atoms with van der Waals surface area (Å²) < 4.78 is 11.3. The molecule has 0 bridgehead atoms. The summed E-state index contributed by atoms with van der Waals surface area (Å²) in [5.74, 6) is 1.51. The number of hydrogen-bond acceptors (Lipinski definition) is 8. The first-order chi connectivity index (χ1) is 14.6. The minimum absolute atomic E-state index is 0.126. The molecule has 0 spiro atoms. The number of nitrogens with zero attached hydrogens (tertiary/aromatic N) is 6. The van der Waals surface area contributed by atoms with E-state index in [9.17, 15) is 0 Å². The van der Waals surface area contributed by atoms with Gasteiger partial charge < -0.3 is 14.4 Å². The highest BCUT2D eigenvalue weighted by Gasteiger charge is 2.24. The van der Waals surface area contributed by atoms with Gasteiger partial charge in [-0.05, 0) is 12.1 Å². The molecule has 3 heterocycles. The molecule has 3 aromatic rings. The van der Waals surface area contributed by atoms with Crippen LogP contribution >= 0.6 is 0 Å². The van der Waals surface area contributed by atoms with Crippen LogP contribution in [0.2, 0.25) is 0 Å². The first-order valence-electron chi connectivity index (χ1n) is 9.91. The second kappa shape index (κ2) is 9.15. The van der Waals surface area contributed by atoms with Crippen molar-refractivity contribution in [2.45, 2.75) is 12.6 Å². The van der Waals surface area contributed by atoms with E-state index < -0.39 is 0 Å². The van der Waals surface area contributed by atoms with Gasteiger partial charge in [0.2, 0.25) is 5.95 Å². The fraction of sp³-hybridized carbons (Fsp3) is 0.364. The lowest BCUT2D eigenvalue weighted by Gasteiger charge is -2.32. The van der Waals surface area contributed by atoms with Gasteiger partial charge in [0, 0.05) is 57.3 Å². The molecule has 8 heteroatoms. The molecular weight excluding hydrogens is 380 g/mol. The fourth-order valence-electron chi connectivity index (χ4n) is 3.40. The molecule has 0 aliphatic carbocycles. The molecular formula is C22H26N6O2. The zero-order valence-corrected chi connectivity index (χ0v) is 17.5. The van der Waals surface area contributed by atoms with Gasteiger partial charge in [-0.15, -0.1) is 0 Å². The van der Waals surface area contributed by atoms with Gasteiger partial charge in [-0.25, -0.2) is 15.0 Å². The van der Waals surface area contributed by atoms with Crippen LogP contribution in [0.15, 0.2) is 49.1 Å². The van der Waals surface area contributed by atoms with Crippen molar-refractivity contribution in [3.63, 3.8) is 0 Å². The Labute approximate surface area is 176 Å². The van der Waals surface area contributed by atoms with Crippen LogP contribution in [-0.2, 0) is 11.3 Å². The van der Waals surface area contributed by atoms with Crippen LogP contribution in [0.5, 0.6) is 5.75 Å². The van der Waals surface area contributed by atoms with Gasteiger partial charge in [-0.2, -0.15) is 0 Å². The van der Waals surface area contributed by atoms with Crippen molar-refractivity contribution in [2.75, 3.05) is 45.8 Å². The molecule has 30 heavy (non-hydrogen) atoms. The number of rotatable bonds is 6. The molecule has 1 saturated heterocycles. The summed E-state index contributed by atoms with van der Waals surface area (Å²) in [6, 6.07) is 7.82. The van der Waals surface area contributed by atoms with Gasteiger partial charge in [-0.3, -0.25) is 9.88 Å². The highest BCUT2D eigenvalue weighted by molar-refractivity contribution is 5.60. The van der Waals surface area contributed by atoms with Gasteiger partial charge in [0.1, 0.15) is 11.9 Å². The molecule has 1 aliphatic rings. The van der Waals surface area contributed by atoms with Crippen LogP contribution < -0.4 is 9.64 Å². The Morgan fingerprint density at radius 1 is 1.17 bits per heavy atom. The maximum Gasteiger partial charge on any atom is 0.224 e. The van der Waals surface area contributed by atoms with Crippen LogP contribution in [0.1, 0.15) is 17.4 Å². The number of ether oxygens (including phenoxy) is 2. The second-order valence-electron chi connectivity index (χ2n) is 7.44. The molecule has 0 radical (unpaired) electrons. The molecule has 2 aromatic heterocycles. The van der Waals surface area contributed by atoms with Gasteiger partial charge in [-0.1, -0.05) is 12.1 Å². The highest BCUT2D eigenvalue weighted by atomic mass is 16.5. The quantitative estimate of drug-likeness (QED) is 0.618. The van der Waals surface area contributed by atoms with Crippen molar-refractivity contribution in [3.8, 4) is 17.0 Å². The zero-order valence-electron chi connectivity index (χ0n) is 17.5. The van der Waals surface area contributed by atoms with E-state index >= 15 is 0 Å². The average molecular weight is 406 g/mol. The van der Waals surface area contributed by atoms with Crippen molar-refractivity contribution >= 4 is 5.95 Å². The molecule has 0 N–H and O–H groups in total. The fourth-order valence-corrected chi connectivity index (χ4v) is 3.40. The Bertz CT molecular complexity index is 979. The predicted octanol–water partition coefficient (Wildman–Crippen LogP) is 2.58. The molecule has 0 amide bonds. The Morgan fingerprint density at radius 3 is 2.77 bits per heavy atom. The summed E-state index contributed by atoms with van der Waals surface area (Å²) in [6.45, 7) is 3.02. The zero-order chi connectivity index (χ0) is 20.9. The smallest absolute Gasteiger partial charge is 0.224 e.